The largest absolute Gasteiger partial charge is 0.454 e. The minimum Gasteiger partial charge on any atom is -0.454 e. The van der Waals surface area contributed by atoms with Crippen molar-refractivity contribution in [2.24, 2.45) is 0 Å². The first kappa shape index (κ1) is 21.5. The minimum absolute atomic E-state index is 0.0786. The second kappa shape index (κ2) is 8.42. The maximum atomic E-state index is 12.4. The number of ether oxygens (including phenoxy) is 2. The molecule has 1 saturated heterocycles. The van der Waals surface area contributed by atoms with Gasteiger partial charge in [-0.3, -0.25) is 0 Å². The van der Waals surface area contributed by atoms with Crippen LogP contribution in [0.15, 0.2) is 42.7 Å². The SMILES string of the molecule is CC1CN(C(=O)OC(C)(C)C)CCN1c1ccc(C#N)c(Oc2cnc3[nH]ccc3c2)c1. The molecule has 1 fully saturated rings. The Balaban J connectivity index is 1.52. The third-order valence-electron chi connectivity index (χ3n) is 5.30. The van der Waals surface area contributed by atoms with Crippen LogP contribution in [-0.2, 0) is 4.74 Å². The molecule has 1 atom stereocenters. The average molecular weight is 434 g/mol. The first-order chi connectivity index (χ1) is 15.2. The Morgan fingerprint density at radius 1 is 1.25 bits per heavy atom. The molecule has 8 nitrogen and oxygen atoms in total. The molecule has 1 N–H and O–H groups in total. The van der Waals surface area contributed by atoms with Crippen LogP contribution in [0, 0.1) is 11.3 Å². The van der Waals surface area contributed by atoms with E-state index < -0.39 is 5.60 Å². The number of fused-ring (bicyclic) bond motifs is 1. The van der Waals surface area contributed by atoms with Gasteiger partial charge in [-0.15, -0.1) is 0 Å². The van der Waals surface area contributed by atoms with E-state index in [2.05, 4.69) is 27.9 Å². The molecule has 1 aromatic carbocycles. The molecule has 1 aliphatic heterocycles. The standard InChI is InChI=1S/C24H27N5O3/c1-16-15-28(23(30)32-24(2,3)4)9-10-29(16)19-6-5-18(13-25)21(12-19)31-20-11-17-7-8-26-22(17)27-14-20/h5-8,11-12,14,16H,9-10,15H2,1-4H3,(H,26,27). The van der Waals surface area contributed by atoms with Crippen molar-refractivity contribution in [2.45, 2.75) is 39.3 Å². The van der Waals surface area contributed by atoms with Crippen molar-refractivity contribution in [3.63, 3.8) is 0 Å². The van der Waals surface area contributed by atoms with Crippen molar-refractivity contribution in [3.8, 4) is 17.6 Å². The first-order valence-electron chi connectivity index (χ1n) is 10.6. The highest BCUT2D eigenvalue weighted by molar-refractivity contribution is 5.76. The number of aromatic amines is 1. The smallest absolute Gasteiger partial charge is 0.410 e. The molecule has 8 heteroatoms. The zero-order valence-electron chi connectivity index (χ0n) is 18.8. The predicted octanol–water partition coefficient (Wildman–Crippen LogP) is 4.67. The summed E-state index contributed by atoms with van der Waals surface area (Å²) in [6.07, 6.45) is 3.16. The molecule has 1 unspecified atom stereocenters. The summed E-state index contributed by atoms with van der Waals surface area (Å²) in [6, 6.07) is 11.6. The van der Waals surface area contributed by atoms with Gasteiger partial charge in [-0.1, -0.05) is 0 Å². The monoisotopic (exact) mass is 433 g/mol. The lowest BCUT2D eigenvalue weighted by Crippen LogP contribution is -2.54. The zero-order chi connectivity index (χ0) is 22.9. The summed E-state index contributed by atoms with van der Waals surface area (Å²) in [4.78, 5) is 23.8. The second-order valence-electron chi connectivity index (χ2n) is 8.95. The summed E-state index contributed by atoms with van der Waals surface area (Å²) in [6.45, 7) is 9.44. The van der Waals surface area contributed by atoms with Crippen molar-refractivity contribution >= 4 is 22.8 Å². The van der Waals surface area contributed by atoms with Crippen molar-refractivity contribution in [1.82, 2.24) is 14.9 Å². The van der Waals surface area contributed by atoms with Crippen LogP contribution in [0.25, 0.3) is 11.0 Å². The molecule has 3 heterocycles. The van der Waals surface area contributed by atoms with E-state index >= 15 is 0 Å². The van der Waals surface area contributed by atoms with E-state index in [0.29, 0.717) is 36.7 Å². The fourth-order valence-electron chi connectivity index (χ4n) is 3.80. The van der Waals surface area contributed by atoms with Gasteiger partial charge in [0.25, 0.3) is 0 Å². The third-order valence-corrected chi connectivity index (χ3v) is 5.30. The summed E-state index contributed by atoms with van der Waals surface area (Å²) in [5, 5.41) is 10.5. The van der Waals surface area contributed by atoms with Crippen molar-refractivity contribution < 1.29 is 14.3 Å². The van der Waals surface area contributed by atoms with E-state index in [4.69, 9.17) is 9.47 Å². The maximum Gasteiger partial charge on any atom is 0.410 e. The van der Waals surface area contributed by atoms with Gasteiger partial charge in [-0.25, -0.2) is 9.78 Å². The molecule has 1 amide bonds. The molecule has 0 radical (unpaired) electrons. The lowest BCUT2D eigenvalue weighted by molar-refractivity contribution is 0.0219. The van der Waals surface area contributed by atoms with Crippen LogP contribution >= 0.6 is 0 Å². The number of nitriles is 1. The molecule has 0 bridgehead atoms. The highest BCUT2D eigenvalue weighted by Crippen LogP contribution is 2.32. The number of carbonyl (C=O) groups excluding carboxylic acids is 1. The van der Waals surface area contributed by atoms with Gasteiger partial charge >= 0.3 is 6.09 Å². The quantitative estimate of drug-likeness (QED) is 0.645. The highest BCUT2D eigenvalue weighted by atomic mass is 16.6. The van der Waals surface area contributed by atoms with Gasteiger partial charge < -0.3 is 24.3 Å². The number of carbonyl (C=O) groups is 1. The molecule has 1 aliphatic rings. The van der Waals surface area contributed by atoms with E-state index in [1.165, 1.54) is 0 Å². The average Bonchev–Trinajstić information content (AvgIpc) is 3.20. The van der Waals surface area contributed by atoms with Gasteiger partial charge in [0.2, 0.25) is 0 Å². The molecule has 0 saturated carbocycles. The number of nitrogens with one attached hydrogen (secondary N) is 1. The van der Waals surface area contributed by atoms with E-state index in [-0.39, 0.29) is 12.1 Å². The number of aromatic nitrogens is 2. The molecule has 32 heavy (non-hydrogen) atoms. The molecule has 0 aliphatic carbocycles. The van der Waals surface area contributed by atoms with Gasteiger partial charge in [-0.05, 0) is 52.0 Å². The summed E-state index contributed by atoms with van der Waals surface area (Å²) in [7, 11) is 0. The third kappa shape index (κ3) is 4.62. The van der Waals surface area contributed by atoms with E-state index in [9.17, 15) is 10.1 Å². The fraction of sp³-hybridized carbons (Fsp3) is 0.375. The number of nitrogens with zero attached hydrogens (tertiary/aromatic N) is 4. The Morgan fingerprint density at radius 3 is 2.78 bits per heavy atom. The van der Waals surface area contributed by atoms with Crippen LogP contribution in [0.4, 0.5) is 10.5 Å². The summed E-state index contributed by atoms with van der Waals surface area (Å²) in [5.74, 6) is 1.04. The van der Waals surface area contributed by atoms with Crippen LogP contribution < -0.4 is 9.64 Å². The number of hydrogen-bond acceptors (Lipinski definition) is 6. The van der Waals surface area contributed by atoms with Crippen LogP contribution in [-0.4, -0.2) is 52.2 Å². The van der Waals surface area contributed by atoms with Crippen molar-refractivity contribution in [2.75, 3.05) is 24.5 Å². The number of H-pyrrole nitrogens is 1. The lowest BCUT2D eigenvalue weighted by atomic mass is 10.1. The van der Waals surface area contributed by atoms with Crippen LogP contribution in [0.1, 0.15) is 33.3 Å². The molecule has 166 valence electrons. The molecule has 4 rings (SSSR count). The number of piperazine rings is 1. The highest BCUT2D eigenvalue weighted by Gasteiger charge is 2.30. The van der Waals surface area contributed by atoms with Gasteiger partial charge in [0.15, 0.2) is 0 Å². The Labute approximate surface area is 187 Å². The van der Waals surface area contributed by atoms with E-state index in [0.717, 1.165) is 16.7 Å². The van der Waals surface area contributed by atoms with E-state index in [1.54, 1.807) is 17.2 Å². The second-order valence-corrected chi connectivity index (χ2v) is 8.95. The van der Waals surface area contributed by atoms with Gasteiger partial charge in [0.05, 0.1) is 11.8 Å². The number of pyridine rings is 1. The fourth-order valence-corrected chi connectivity index (χ4v) is 3.80. The normalized spacial score (nSPS) is 16.7. The predicted molar refractivity (Wildman–Crippen MR) is 122 cm³/mol. The molecular formula is C24H27N5O3. The Morgan fingerprint density at radius 2 is 2.06 bits per heavy atom. The first-order valence-corrected chi connectivity index (χ1v) is 10.6. The summed E-state index contributed by atoms with van der Waals surface area (Å²) in [5.41, 5.74) is 1.65. The van der Waals surface area contributed by atoms with E-state index in [1.807, 2.05) is 51.2 Å². The molecule has 0 spiro atoms. The number of amides is 1. The Bertz CT molecular complexity index is 1170. The number of benzene rings is 1. The Hall–Kier alpha value is -3.73. The van der Waals surface area contributed by atoms with Crippen LogP contribution in [0.5, 0.6) is 11.5 Å². The topological polar surface area (TPSA) is 94.5 Å². The van der Waals surface area contributed by atoms with Gasteiger partial charge in [0.1, 0.15) is 28.8 Å². The van der Waals surface area contributed by atoms with Crippen molar-refractivity contribution in [1.29, 1.82) is 5.26 Å². The lowest BCUT2D eigenvalue weighted by Gasteiger charge is -2.41. The minimum atomic E-state index is -0.519. The zero-order valence-corrected chi connectivity index (χ0v) is 18.8. The summed E-state index contributed by atoms with van der Waals surface area (Å²) >= 11 is 0. The number of anilines is 1. The Kier molecular flexibility index (Phi) is 5.66. The molecular weight excluding hydrogens is 406 g/mol. The number of hydrogen-bond donors (Lipinski definition) is 1. The van der Waals surface area contributed by atoms with Crippen molar-refractivity contribution in [3.05, 3.63) is 48.3 Å². The van der Waals surface area contributed by atoms with Gasteiger partial charge in [-0.2, -0.15) is 5.26 Å². The number of rotatable bonds is 3. The summed E-state index contributed by atoms with van der Waals surface area (Å²) < 4.78 is 11.6. The molecule has 3 aromatic rings. The maximum absolute atomic E-state index is 12.4. The van der Waals surface area contributed by atoms with Gasteiger partial charge in [0, 0.05) is 49.0 Å². The van der Waals surface area contributed by atoms with Crippen LogP contribution in [0.2, 0.25) is 0 Å². The van der Waals surface area contributed by atoms with Crippen LogP contribution in [0.3, 0.4) is 0 Å². The molecule has 2 aromatic heterocycles.